The van der Waals surface area contributed by atoms with Crippen LogP contribution in [0.5, 0.6) is 17.2 Å². The van der Waals surface area contributed by atoms with Gasteiger partial charge in [-0.05, 0) is 41.8 Å². The molecule has 6 rings (SSSR count). The molecule has 1 spiro atoms. The van der Waals surface area contributed by atoms with E-state index in [0.717, 1.165) is 0 Å². The Hall–Kier alpha value is -4.27. The van der Waals surface area contributed by atoms with E-state index in [1.165, 1.54) is 24.3 Å². The molecule has 2 heterocycles. The molecule has 1 atom stereocenters. The van der Waals surface area contributed by atoms with Crippen LogP contribution in [0.15, 0.2) is 48.5 Å². The summed E-state index contributed by atoms with van der Waals surface area (Å²) in [6.07, 6.45) is 0. The molecular weight excluding hydrogens is 466 g/mol. The van der Waals surface area contributed by atoms with E-state index in [-0.39, 0.29) is 28.4 Å². The Morgan fingerprint density at radius 3 is 2.31 bits per heavy atom. The minimum absolute atomic E-state index is 0.0124. The normalized spacial score (nSPS) is 17.6. The molecule has 0 aromatic heterocycles. The van der Waals surface area contributed by atoms with Crippen LogP contribution < -0.4 is 9.64 Å². The molecular formula is C26H15F4NO4. The molecule has 35 heavy (non-hydrogen) atoms. The van der Waals surface area contributed by atoms with Gasteiger partial charge < -0.3 is 19.5 Å². The third-order valence-corrected chi connectivity index (χ3v) is 6.48. The Balaban J connectivity index is 1.79. The third-order valence-electron chi connectivity index (χ3n) is 6.48. The number of aromatic hydroxyl groups is 1. The average molecular weight is 481 g/mol. The summed E-state index contributed by atoms with van der Waals surface area (Å²) in [4.78, 5) is 14.7. The molecule has 4 aromatic rings. The number of carbonyl (C=O) groups excluding carboxylic acids is 1. The first-order valence-electron chi connectivity index (χ1n) is 10.5. The summed E-state index contributed by atoms with van der Waals surface area (Å²) in [6.45, 7) is 0. The number of anilines is 1. The van der Waals surface area contributed by atoms with E-state index in [9.17, 15) is 23.1 Å². The fourth-order valence-electron chi connectivity index (χ4n) is 4.87. The minimum atomic E-state index is -2.15. The van der Waals surface area contributed by atoms with Gasteiger partial charge in [0.1, 0.15) is 22.8 Å². The minimum Gasteiger partial charge on any atom is -0.508 e. The Kier molecular flexibility index (Phi) is 4.18. The van der Waals surface area contributed by atoms with E-state index in [0.29, 0.717) is 16.5 Å². The van der Waals surface area contributed by atoms with E-state index < -0.39 is 46.0 Å². The quantitative estimate of drug-likeness (QED) is 0.163. The molecule has 9 heteroatoms. The van der Waals surface area contributed by atoms with Crippen LogP contribution in [0.1, 0.15) is 27.0 Å². The first kappa shape index (κ1) is 21.3. The number of halogens is 4. The van der Waals surface area contributed by atoms with Crippen molar-refractivity contribution in [1.82, 2.24) is 0 Å². The highest BCUT2D eigenvalue weighted by Crippen LogP contribution is 2.59. The Labute approximate surface area is 195 Å². The van der Waals surface area contributed by atoms with E-state index >= 15 is 4.39 Å². The van der Waals surface area contributed by atoms with Crippen LogP contribution in [0.2, 0.25) is 0 Å². The van der Waals surface area contributed by atoms with Gasteiger partial charge in [0, 0.05) is 42.4 Å². The lowest BCUT2D eigenvalue weighted by molar-refractivity contribution is 0.0216. The van der Waals surface area contributed by atoms with Crippen molar-refractivity contribution in [2.45, 2.75) is 5.60 Å². The van der Waals surface area contributed by atoms with Crippen LogP contribution in [0, 0.1) is 23.3 Å². The number of nitrogens with zero attached hydrogens (tertiary/aromatic N) is 1. The van der Waals surface area contributed by atoms with E-state index in [1.54, 1.807) is 43.3 Å². The number of carbonyl (C=O) groups is 1. The topological polar surface area (TPSA) is 59.0 Å². The molecule has 0 saturated carbocycles. The van der Waals surface area contributed by atoms with Crippen LogP contribution in [0.3, 0.4) is 0 Å². The van der Waals surface area contributed by atoms with Crippen molar-refractivity contribution in [2.75, 3.05) is 19.0 Å². The molecule has 2 aliphatic heterocycles. The number of fused-ring (bicyclic) bond motifs is 8. The van der Waals surface area contributed by atoms with Crippen molar-refractivity contribution >= 4 is 22.4 Å². The van der Waals surface area contributed by atoms with Gasteiger partial charge in [0.25, 0.3) is 0 Å². The molecule has 1 N–H and O–H groups in total. The number of hydrogen-bond acceptors (Lipinski definition) is 5. The highest BCUT2D eigenvalue weighted by Gasteiger charge is 2.58. The Morgan fingerprint density at radius 1 is 0.857 bits per heavy atom. The van der Waals surface area contributed by atoms with E-state index in [2.05, 4.69) is 0 Å². The SMILES string of the molecule is CN(C)c1ccc2c(c1)Oc1c(ccc3cc(O)ccc13)C21OC(=O)c2c(F)c(F)c(F)c(F)c21. The van der Waals surface area contributed by atoms with Gasteiger partial charge in [-0.3, -0.25) is 0 Å². The number of benzene rings is 4. The molecule has 0 saturated heterocycles. The molecule has 1 unspecified atom stereocenters. The van der Waals surface area contributed by atoms with Gasteiger partial charge in [0.15, 0.2) is 28.9 Å². The molecule has 176 valence electrons. The zero-order valence-electron chi connectivity index (χ0n) is 18.2. The highest BCUT2D eigenvalue weighted by atomic mass is 19.2. The van der Waals surface area contributed by atoms with E-state index in [4.69, 9.17) is 9.47 Å². The molecule has 2 aliphatic rings. The van der Waals surface area contributed by atoms with E-state index in [1.807, 2.05) is 0 Å². The van der Waals surface area contributed by atoms with Crippen LogP contribution in [0.25, 0.3) is 10.8 Å². The van der Waals surface area contributed by atoms with Gasteiger partial charge in [-0.1, -0.05) is 6.07 Å². The van der Waals surface area contributed by atoms with Gasteiger partial charge >= 0.3 is 5.97 Å². The van der Waals surface area contributed by atoms with Gasteiger partial charge in [0.2, 0.25) is 0 Å². The summed E-state index contributed by atoms with van der Waals surface area (Å²) in [5, 5.41) is 10.9. The van der Waals surface area contributed by atoms with Crippen molar-refractivity contribution < 1.29 is 36.9 Å². The first-order chi connectivity index (χ1) is 16.6. The summed E-state index contributed by atoms with van der Waals surface area (Å²) in [5.41, 5.74) is -3.03. The zero-order valence-corrected chi connectivity index (χ0v) is 18.2. The largest absolute Gasteiger partial charge is 0.508 e. The maximum atomic E-state index is 15.4. The standard InChI is InChI=1S/C26H15F4NO4/c1-31(2)12-4-8-15-17(10-12)34-24-14-6-5-13(32)9-11(14)3-7-16(24)26(15)19-18(25(33)35-26)20(27)22(29)23(30)21(19)28/h3-10,32H,1-2H3. The maximum absolute atomic E-state index is 15.4. The van der Waals surface area contributed by atoms with Gasteiger partial charge in [-0.15, -0.1) is 0 Å². The van der Waals surface area contributed by atoms with Crippen LogP contribution in [-0.4, -0.2) is 25.2 Å². The van der Waals surface area contributed by atoms with Crippen molar-refractivity contribution in [3.63, 3.8) is 0 Å². The predicted molar refractivity (Wildman–Crippen MR) is 118 cm³/mol. The third kappa shape index (κ3) is 2.60. The summed E-state index contributed by atoms with van der Waals surface area (Å²) < 4.78 is 70.7. The van der Waals surface area contributed by atoms with Crippen molar-refractivity contribution in [3.8, 4) is 17.2 Å². The number of phenolic OH excluding ortho intramolecular Hbond substituents is 1. The summed E-state index contributed by atoms with van der Waals surface area (Å²) >= 11 is 0. The fraction of sp³-hybridized carbons (Fsp3) is 0.115. The first-order valence-corrected chi connectivity index (χ1v) is 10.5. The molecule has 0 aliphatic carbocycles. The van der Waals surface area contributed by atoms with Gasteiger partial charge in [0.05, 0.1) is 5.56 Å². The Bertz CT molecular complexity index is 1620. The van der Waals surface area contributed by atoms with Gasteiger partial charge in [-0.2, -0.15) is 0 Å². The molecule has 0 bridgehead atoms. The predicted octanol–water partition coefficient (Wildman–Crippen LogP) is 5.74. The van der Waals surface area contributed by atoms with Crippen LogP contribution in [0.4, 0.5) is 23.2 Å². The van der Waals surface area contributed by atoms with Crippen LogP contribution >= 0.6 is 0 Å². The lowest BCUT2D eigenvalue weighted by Gasteiger charge is -2.37. The van der Waals surface area contributed by atoms with Crippen molar-refractivity contribution in [3.05, 3.63) is 94.1 Å². The monoisotopic (exact) mass is 481 g/mol. The number of phenols is 1. The zero-order chi connectivity index (χ0) is 24.8. The molecule has 5 nitrogen and oxygen atoms in total. The number of ether oxygens (including phenoxy) is 2. The lowest BCUT2D eigenvalue weighted by Crippen LogP contribution is -2.34. The lowest BCUT2D eigenvalue weighted by atomic mass is 9.76. The smallest absolute Gasteiger partial charge is 0.343 e. The van der Waals surface area contributed by atoms with Crippen molar-refractivity contribution in [1.29, 1.82) is 0 Å². The molecule has 4 aromatic carbocycles. The summed E-state index contributed by atoms with van der Waals surface area (Å²) in [7, 11) is 3.56. The number of esters is 1. The second-order valence-electron chi connectivity index (χ2n) is 8.60. The fourth-order valence-corrected chi connectivity index (χ4v) is 4.87. The second-order valence-corrected chi connectivity index (χ2v) is 8.60. The van der Waals surface area contributed by atoms with Crippen molar-refractivity contribution in [2.24, 2.45) is 0 Å². The highest BCUT2D eigenvalue weighted by molar-refractivity contribution is 5.99. The second kappa shape index (κ2) is 6.88. The van der Waals surface area contributed by atoms with Crippen LogP contribution in [-0.2, 0) is 10.3 Å². The van der Waals surface area contributed by atoms with Gasteiger partial charge in [-0.25, -0.2) is 22.4 Å². The summed E-state index contributed by atoms with van der Waals surface area (Å²) in [5.74, 6) is -8.77. The maximum Gasteiger partial charge on any atom is 0.343 e. The number of hydrogen-bond donors (Lipinski definition) is 1. The molecule has 0 fully saturated rings. The molecule has 0 amide bonds. The molecule has 0 radical (unpaired) electrons. The number of rotatable bonds is 1. The Morgan fingerprint density at radius 2 is 1.57 bits per heavy atom. The summed E-state index contributed by atoms with van der Waals surface area (Å²) in [6, 6.07) is 12.2. The average Bonchev–Trinajstić information content (AvgIpc) is 3.14.